The summed E-state index contributed by atoms with van der Waals surface area (Å²) in [7, 11) is 0. The molecule has 0 bridgehead atoms. The van der Waals surface area contributed by atoms with Crippen LogP contribution < -0.4 is 10.1 Å². The number of aliphatic hydroxyl groups excluding tert-OH is 1. The minimum Gasteiger partial charge on any atom is -0.489 e. The Labute approximate surface area is 219 Å². The van der Waals surface area contributed by atoms with E-state index in [1.165, 1.54) is 25.7 Å². The van der Waals surface area contributed by atoms with Crippen molar-refractivity contribution in [2.24, 2.45) is 17.8 Å². The van der Waals surface area contributed by atoms with Gasteiger partial charge in [0.15, 0.2) is 0 Å². The minimum atomic E-state index is -0.872. The lowest BCUT2D eigenvalue weighted by Crippen LogP contribution is -2.47. The van der Waals surface area contributed by atoms with Gasteiger partial charge in [0.05, 0.1) is 6.42 Å². The smallest absolute Gasteiger partial charge is 0.307 e. The van der Waals surface area contributed by atoms with Crippen LogP contribution in [0.4, 0.5) is 5.69 Å². The number of nitrogens with one attached hydrogen (secondary N) is 1. The van der Waals surface area contributed by atoms with Crippen molar-refractivity contribution in [2.45, 2.75) is 58.1 Å². The first-order valence-corrected chi connectivity index (χ1v) is 13.5. The number of anilines is 1. The Morgan fingerprint density at radius 2 is 1.73 bits per heavy atom. The standard InChI is InChI=1S/C32H37NO4/c1-21-9-10-28(21)29-11-12-30(29)33-27-17-23(20-37-31-8-3-2-6-25(31)19-32(35)36)16-26(18-27)24-7-4-5-22(15-24)13-14-34/h2-8,15-18,21,28-30,33-34H,9-14,19-20H2,1H3,(H,35,36). The molecule has 5 nitrogen and oxygen atoms in total. The number of rotatable bonds is 11. The highest BCUT2D eigenvalue weighted by atomic mass is 16.5. The minimum absolute atomic E-state index is 0.0661. The highest BCUT2D eigenvalue weighted by Crippen LogP contribution is 2.48. The van der Waals surface area contributed by atoms with Crippen LogP contribution in [0.2, 0.25) is 0 Å². The zero-order valence-corrected chi connectivity index (χ0v) is 21.5. The number of carboxylic acids is 1. The van der Waals surface area contributed by atoms with E-state index in [2.05, 4.69) is 42.6 Å². The summed E-state index contributed by atoms with van der Waals surface area (Å²) in [5.41, 5.74) is 6.13. The van der Waals surface area contributed by atoms with Crippen LogP contribution >= 0.6 is 0 Å². The maximum atomic E-state index is 11.3. The van der Waals surface area contributed by atoms with Gasteiger partial charge < -0.3 is 20.3 Å². The van der Waals surface area contributed by atoms with Gasteiger partial charge in [-0.1, -0.05) is 55.8 Å². The molecule has 0 radical (unpaired) electrons. The molecule has 5 rings (SSSR count). The van der Waals surface area contributed by atoms with Crippen molar-refractivity contribution in [2.75, 3.05) is 11.9 Å². The van der Waals surface area contributed by atoms with Gasteiger partial charge in [0, 0.05) is 23.9 Å². The first kappa shape index (κ1) is 25.3. The van der Waals surface area contributed by atoms with E-state index < -0.39 is 5.97 Å². The molecule has 0 amide bonds. The van der Waals surface area contributed by atoms with Crippen LogP contribution in [0.5, 0.6) is 5.75 Å². The fourth-order valence-corrected chi connectivity index (χ4v) is 5.94. The average molecular weight is 500 g/mol. The Morgan fingerprint density at radius 3 is 2.43 bits per heavy atom. The summed E-state index contributed by atoms with van der Waals surface area (Å²) in [5, 5.41) is 22.5. The molecule has 3 N–H and O–H groups in total. The van der Waals surface area contributed by atoms with Crippen LogP contribution in [0.15, 0.2) is 66.7 Å². The molecule has 2 fully saturated rings. The molecule has 3 aromatic carbocycles. The van der Waals surface area contributed by atoms with Crippen molar-refractivity contribution in [3.05, 3.63) is 83.4 Å². The Balaban J connectivity index is 1.40. The predicted molar refractivity (Wildman–Crippen MR) is 147 cm³/mol. The molecule has 0 heterocycles. The molecule has 4 unspecified atom stereocenters. The maximum absolute atomic E-state index is 11.3. The van der Waals surface area contributed by atoms with E-state index >= 15 is 0 Å². The van der Waals surface area contributed by atoms with Gasteiger partial charge in [-0.3, -0.25) is 4.79 Å². The molecule has 0 spiro atoms. The summed E-state index contributed by atoms with van der Waals surface area (Å²) < 4.78 is 6.15. The second-order valence-corrected chi connectivity index (χ2v) is 10.8. The fourth-order valence-electron chi connectivity index (χ4n) is 5.94. The number of benzene rings is 3. The van der Waals surface area contributed by atoms with Crippen molar-refractivity contribution in [1.29, 1.82) is 0 Å². The van der Waals surface area contributed by atoms with Gasteiger partial charge in [0.2, 0.25) is 0 Å². The van der Waals surface area contributed by atoms with Crippen LogP contribution in [-0.4, -0.2) is 28.8 Å². The number of ether oxygens (including phenoxy) is 1. The van der Waals surface area contributed by atoms with E-state index in [0.29, 0.717) is 30.4 Å². The van der Waals surface area contributed by atoms with E-state index in [1.807, 2.05) is 30.3 Å². The maximum Gasteiger partial charge on any atom is 0.307 e. The topological polar surface area (TPSA) is 78.8 Å². The largest absolute Gasteiger partial charge is 0.489 e. The molecule has 4 atom stereocenters. The van der Waals surface area contributed by atoms with Gasteiger partial charge in [-0.25, -0.2) is 0 Å². The number of para-hydroxylation sites is 1. The van der Waals surface area contributed by atoms with E-state index in [0.717, 1.165) is 45.7 Å². The summed E-state index contributed by atoms with van der Waals surface area (Å²) in [6.07, 6.45) is 5.80. The molecule has 3 aromatic rings. The van der Waals surface area contributed by atoms with Crippen molar-refractivity contribution in [3.63, 3.8) is 0 Å². The molecule has 2 saturated carbocycles. The second-order valence-electron chi connectivity index (χ2n) is 10.8. The average Bonchev–Trinajstić information content (AvgIpc) is 2.88. The van der Waals surface area contributed by atoms with E-state index in [9.17, 15) is 15.0 Å². The lowest BCUT2D eigenvalue weighted by atomic mass is 9.59. The highest BCUT2D eigenvalue weighted by molar-refractivity contribution is 5.72. The molecule has 0 saturated heterocycles. The Morgan fingerprint density at radius 1 is 0.919 bits per heavy atom. The predicted octanol–water partition coefficient (Wildman–Crippen LogP) is 6.33. The molecular weight excluding hydrogens is 462 g/mol. The first-order chi connectivity index (χ1) is 18.0. The van der Waals surface area contributed by atoms with Crippen molar-refractivity contribution in [1.82, 2.24) is 0 Å². The summed E-state index contributed by atoms with van der Waals surface area (Å²) in [6.45, 7) is 2.87. The Kier molecular flexibility index (Phi) is 7.80. The lowest BCUT2D eigenvalue weighted by Gasteiger charge is -2.49. The summed E-state index contributed by atoms with van der Waals surface area (Å²) in [6, 6.07) is 22.7. The molecular formula is C32H37NO4. The third-order valence-electron chi connectivity index (χ3n) is 8.28. The highest BCUT2D eigenvalue weighted by Gasteiger charge is 2.42. The fraction of sp³-hybridized carbons (Fsp3) is 0.406. The summed E-state index contributed by atoms with van der Waals surface area (Å²) in [4.78, 5) is 11.3. The van der Waals surface area contributed by atoms with Gasteiger partial charge in [-0.2, -0.15) is 0 Å². The lowest BCUT2D eigenvalue weighted by molar-refractivity contribution is -0.136. The van der Waals surface area contributed by atoms with E-state index in [-0.39, 0.29) is 13.0 Å². The molecule has 194 valence electrons. The van der Waals surface area contributed by atoms with Gasteiger partial charge in [-0.05, 0) is 90.0 Å². The number of hydrogen-bond acceptors (Lipinski definition) is 4. The monoisotopic (exact) mass is 499 g/mol. The van der Waals surface area contributed by atoms with Gasteiger partial charge in [0.25, 0.3) is 0 Å². The molecule has 0 aromatic heterocycles. The van der Waals surface area contributed by atoms with Crippen LogP contribution in [0, 0.1) is 17.8 Å². The van der Waals surface area contributed by atoms with Crippen LogP contribution in [0.25, 0.3) is 11.1 Å². The third-order valence-corrected chi connectivity index (χ3v) is 8.28. The second kappa shape index (κ2) is 11.4. The van der Waals surface area contributed by atoms with Crippen molar-refractivity contribution < 1.29 is 19.7 Å². The molecule has 2 aliphatic carbocycles. The van der Waals surface area contributed by atoms with E-state index in [1.54, 1.807) is 6.07 Å². The molecule has 37 heavy (non-hydrogen) atoms. The summed E-state index contributed by atoms with van der Waals surface area (Å²) >= 11 is 0. The summed E-state index contributed by atoms with van der Waals surface area (Å²) in [5.74, 6) is 2.17. The zero-order valence-electron chi connectivity index (χ0n) is 21.5. The van der Waals surface area contributed by atoms with Crippen LogP contribution in [0.3, 0.4) is 0 Å². The van der Waals surface area contributed by atoms with Crippen molar-refractivity contribution >= 4 is 11.7 Å². The Hall–Kier alpha value is -3.31. The number of aliphatic carboxylic acids is 1. The normalized spacial score (nSPS) is 22.5. The number of carboxylic acid groups (broad SMARTS) is 1. The van der Waals surface area contributed by atoms with Gasteiger partial charge >= 0.3 is 5.97 Å². The SMILES string of the molecule is CC1CCC1C1CCC1Nc1cc(COc2ccccc2CC(=O)O)cc(-c2cccc(CCO)c2)c1. The van der Waals surface area contributed by atoms with Crippen LogP contribution in [-0.2, 0) is 24.2 Å². The zero-order chi connectivity index (χ0) is 25.8. The number of hydrogen-bond donors (Lipinski definition) is 3. The third kappa shape index (κ3) is 5.99. The number of carbonyl (C=O) groups is 1. The first-order valence-electron chi connectivity index (χ1n) is 13.5. The number of aliphatic hydroxyl groups is 1. The van der Waals surface area contributed by atoms with Gasteiger partial charge in [0.1, 0.15) is 12.4 Å². The molecule has 5 heteroatoms. The molecule has 0 aliphatic heterocycles. The quantitative estimate of drug-likeness (QED) is 0.287. The van der Waals surface area contributed by atoms with Crippen molar-refractivity contribution in [3.8, 4) is 16.9 Å². The van der Waals surface area contributed by atoms with Crippen LogP contribution in [0.1, 0.15) is 49.3 Å². The van der Waals surface area contributed by atoms with Gasteiger partial charge in [-0.15, -0.1) is 0 Å². The van der Waals surface area contributed by atoms with E-state index in [4.69, 9.17) is 4.74 Å². The molecule has 2 aliphatic rings. The Bertz CT molecular complexity index is 1240.